The van der Waals surface area contributed by atoms with Crippen LogP contribution < -0.4 is 16.0 Å². The highest BCUT2D eigenvalue weighted by Gasteiger charge is 2.22. The summed E-state index contributed by atoms with van der Waals surface area (Å²) in [6.07, 6.45) is 8.41. The van der Waals surface area contributed by atoms with Gasteiger partial charge in [0.2, 0.25) is 5.95 Å². The third kappa shape index (κ3) is 5.35. The lowest BCUT2D eigenvalue weighted by molar-refractivity contribution is 0.0960. The van der Waals surface area contributed by atoms with Crippen LogP contribution in [-0.4, -0.2) is 50.5 Å². The number of para-hydroxylation sites is 1. The Morgan fingerprint density at radius 2 is 1.89 bits per heavy atom. The number of nitrogens with zero attached hydrogens (tertiary/aromatic N) is 5. The molecule has 1 saturated carbocycles. The van der Waals surface area contributed by atoms with Crippen molar-refractivity contribution in [3.05, 3.63) is 66.1 Å². The van der Waals surface area contributed by atoms with Crippen LogP contribution >= 0.6 is 13.5 Å². The first kappa shape index (κ1) is 25.2. The van der Waals surface area contributed by atoms with Crippen LogP contribution in [0.15, 0.2) is 49.2 Å². The highest BCUT2D eigenvalue weighted by Crippen LogP contribution is 2.28. The van der Waals surface area contributed by atoms with Crippen molar-refractivity contribution in [2.45, 2.75) is 31.7 Å². The lowest BCUT2D eigenvalue weighted by atomic mass is 9.96. The van der Waals surface area contributed by atoms with E-state index in [1.807, 2.05) is 25.1 Å². The molecule has 0 bridgehead atoms. The highest BCUT2D eigenvalue weighted by atomic mass is 32.1. The molecule has 9 nitrogen and oxygen atoms in total. The summed E-state index contributed by atoms with van der Waals surface area (Å²) in [5, 5.41) is 9.59. The molecular formula is C25H27FN8OS. The number of halogens is 1. The number of fused-ring (bicyclic) bond motifs is 1. The van der Waals surface area contributed by atoms with Gasteiger partial charge in [-0.2, -0.15) is 13.5 Å². The van der Waals surface area contributed by atoms with E-state index in [-0.39, 0.29) is 25.0 Å². The van der Waals surface area contributed by atoms with Crippen molar-refractivity contribution in [2.75, 3.05) is 24.2 Å². The number of benzene rings is 1. The fraction of sp³-hybridized carbons (Fsp3) is 0.280. The Bertz CT molecular complexity index is 1380. The number of hydrogen-bond acceptors (Lipinski definition) is 8. The molecule has 0 unspecified atom stereocenters. The summed E-state index contributed by atoms with van der Waals surface area (Å²) in [4.78, 5) is 33.9. The van der Waals surface area contributed by atoms with Crippen molar-refractivity contribution in [3.8, 4) is 11.3 Å². The Morgan fingerprint density at radius 1 is 1.11 bits per heavy atom. The van der Waals surface area contributed by atoms with Gasteiger partial charge in [0.1, 0.15) is 12.1 Å². The molecule has 1 amide bonds. The van der Waals surface area contributed by atoms with Crippen molar-refractivity contribution in [2.24, 2.45) is 0 Å². The predicted octanol–water partition coefficient (Wildman–Crippen LogP) is 3.88. The van der Waals surface area contributed by atoms with Crippen LogP contribution in [0.4, 0.5) is 16.2 Å². The number of pyridine rings is 1. The molecule has 1 aromatic carbocycles. The minimum Gasteiger partial charge on any atom is -0.369 e. The van der Waals surface area contributed by atoms with E-state index >= 15 is 0 Å². The topological polar surface area (TPSA) is 118 Å². The number of rotatable bonds is 8. The van der Waals surface area contributed by atoms with Crippen molar-refractivity contribution >= 4 is 42.1 Å². The van der Waals surface area contributed by atoms with Gasteiger partial charge in [-0.05, 0) is 18.4 Å². The molecule has 1 aliphatic carbocycles. The van der Waals surface area contributed by atoms with E-state index in [4.69, 9.17) is 0 Å². The molecule has 0 saturated heterocycles. The van der Waals surface area contributed by atoms with Crippen LogP contribution in [0.2, 0.25) is 0 Å². The van der Waals surface area contributed by atoms with Crippen LogP contribution in [-0.2, 0) is 0 Å². The molecule has 1 atom stereocenters. The maximum Gasteiger partial charge on any atom is 0.254 e. The van der Waals surface area contributed by atoms with Crippen LogP contribution in [0, 0.1) is 5.82 Å². The third-order valence-corrected chi connectivity index (χ3v) is 5.98. The van der Waals surface area contributed by atoms with Crippen molar-refractivity contribution in [1.29, 1.82) is 0 Å². The first-order chi connectivity index (χ1) is 17.0. The monoisotopic (exact) mass is 506 g/mol. The third-order valence-electron chi connectivity index (χ3n) is 5.98. The van der Waals surface area contributed by atoms with Gasteiger partial charge >= 0.3 is 0 Å². The average Bonchev–Trinajstić information content (AvgIpc) is 3.71. The molecular weight excluding hydrogens is 479 g/mol. The molecule has 3 heterocycles. The number of hydrogen-bond donors (Lipinski definition) is 3. The summed E-state index contributed by atoms with van der Waals surface area (Å²) in [5.74, 6) is 0.164. The summed E-state index contributed by atoms with van der Waals surface area (Å²) in [5.41, 5.74) is 3.02. The minimum absolute atomic E-state index is 0. The molecule has 3 N–H and O–H groups in total. The number of carbonyl (C=O) groups excluding carboxylic acids is 1. The molecule has 11 heteroatoms. The van der Waals surface area contributed by atoms with E-state index in [2.05, 4.69) is 40.9 Å². The number of carbonyl (C=O) groups is 1. The Labute approximate surface area is 214 Å². The molecule has 3 aromatic heterocycles. The molecule has 5 rings (SSSR count). The standard InChI is InChI=1S/C25H25FN8O.H2S/c1-14(17-4-3-5-18-22(24(35)27-2)19(26)12-29-23(17)18)9-28-21-8-20(32-13-33-21)15-10-30-25(31-11-15)34-16-6-7-16;/h3-5,8,10-14,16H,6-7,9H2,1-2H3,(H,27,35)(H,28,32,33)(H,30,31,34);1H2/t14-;/m1./s1. The Kier molecular flexibility index (Phi) is 7.58. The smallest absolute Gasteiger partial charge is 0.254 e. The average molecular weight is 507 g/mol. The SMILES string of the molecule is CNC(=O)c1c(F)cnc2c([C@H](C)CNc3cc(-c4cnc(NC5CC5)nc4)ncn3)cccc12.S. The Balaban J connectivity index is 0.00000304. The maximum atomic E-state index is 14.4. The van der Waals surface area contributed by atoms with Crippen molar-refractivity contribution < 1.29 is 9.18 Å². The van der Waals surface area contributed by atoms with Gasteiger partial charge in [0, 0.05) is 55.0 Å². The molecule has 0 spiro atoms. The number of aromatic nitrogens is 5. The van der Waals surface area contributed by atoms with Gasteiger partial charge in [0.25, 0.3) is 5.91 Å². The van der Waals surface area contributed by atoms with Gasteiger partial charge in [-0.1, -0.05) is 25.1 Å². The molecule has 1 fully saturated rings. The van der Waals surface area contributed by atoms with E-state index in [1.165, 1.54) is 13.4 Å². The second kappa shape index (κ2) is 10.8. The van der Waals surface area contributed by atoms with Crippen molar-refractivity contribution in [3.63, 3.8) is 0 Å². The predicted molar refractivity (Wildman–Crippen MR) is 142 cm³/mol. The largest absolute Gasteiger partial charge is 0.369 e. The molecule has 0 aliphatic heterocycles. The second-order valence-corrected chi connectivity index (χ2v) is 8.59. The summed E-state index contributed by atoms with van der Waals surface area (Å²) in [6, 6.07) is 7.80. The quantitative estimate of drug-likeness (QED) is 0.330. The normalized spacial score (nSPS) is 13.5. The molecule has 36 heavy (non-hydrogen) atoms. The molecule has 186 valence electrons. The summed E-state index contributed by atoms with van der Waals surface area (Å²) in [6.45, 7) is 2.58. The molecule has 4 aromatic rings. The maximum absolute atomic E-state index is 14.4. The Morgan fingerprint density at radius 3 is 2.61 bits per heavy atom. The Hall–Kier alpha value is -3.86. The second-order valence-electron chi connectivity index (χ2n) is 8.59. The summed E-state index contributed by atoms with van der Waals surface area (Å²) >= 11 is 0. The zero-order chi connectivity index (χ0) is 24.4. The number of anilines is 2. The van der Waals surface area contributed by atoms with E-state index in [0.717, 1.165) is 30.2 Å². The fourth-order valence-electron chi connectivity index (χ4n) is 3.90. The van der Waals surface area contributed by atoms with Gasteiger partial charge in [-0.15, -0.1) is 0 Å². The van der Waals surface area contributed by atoms with Gasteiger partial charge in [0.05, 0.1) is 23.0 Å². The van der Waals surface area contributed by atoms with Gasteiger partial charge in [0.15, 0.2) is 5.82 Å². The zero-order valence-corrected chi connectivity index (χ0v) is 20.9. The van der Waals surface area contributed by atoms with Crippen LogP contribution in [0.5, 0.6) is 0 Å². The minimum atomic E-state index is -0.645. The van der Waals surface area contributed by atoms with Crippen LogP contribution in [0.1, 0.15) is 41.6 Å². The van der Waals surface area contributed by atoms with Crippen molar-refractivity contribution in [1.82, 2.24) is 30.2 Å². The lowest BCUT2D eigenvalue weighted by Gasteiger charge is -2.17. The van der Waals surface area contributed by atoms with E-state index in [1.54, 1.807) is 18.5 Å². The first-order valence-corrected chi connectivity index (χ1v) is 11.5. The summed E-state index contributed by atoms with van der Waals surface area (Å²) in [7, 11) is 1.48. The first-order valence-electron chi connectivity index (χ1n) is 11.5. The van der Waals surface area contributed by atoms with E-state index < -0.39 is 11.7 Å². The number of nitrogens with one attached hydrogen (secondary N) is 3. The van der Waals surface area contributed by atoms with E-state index in [9.17, 15) is 9.18 Å². The van der Waals surface area contributed by atoms with E-state index in [0.29, 0.717) is 40.9 Å². The van der Waals surface area contributed by atoms with Gasteiger partial charge in [-0.25, -0.2) is 24.3 Å². The fourth-order valence-corrected chi connectivity index (χ4v) is 3.90. The van der Waals surface area contributed by atoms with Crippen LogP contribution in [0.3, 0.4) is 0 Å². The highest BCUT2D eigenvalue weighted by molar-refractivity contribution is 7.59. The number of amides is 1. The zero-order valence-electron chi connectivity index (χ0n) is 19.9. The van der Waals surface area contributed by atoms with Crippen LogP contribution in [0.25, 0.3) is 22.2 Å². The van der Waals surface area contributed by atoms with Gasteiger partial charge in [-0.3, -0.25) is 9.78 Å². The van der Waals surface area contributed by atoms with Gasteiger partial charge < -0.3 is 16.0 Å². The molecule has 0 radical (unpaired) electrons. The molecule has 1 aliphatic rings. The summed E-state index contributed by atoms with van der Waals surface area (Å²) < 4.78 is 14.4. The lowest BCUT2D eigenvalue weighted by Crippen LogP contribution is -2.20.